The van der Waals surface area contributed by atoms with Gasteiger partial charge >= 0.3 is 0 Å². The van der Waals surface area contributed by atoms with E-state index >= 15 is 0 Å². The lowest BCUT2D eigenvalue weighted by Gasteiger charge is -2.18. The van der Waals surface area contributed by atoms with Gasteiger partial charge in [0.1, 0.15) is 0 Å². The molecule has 0 saturated carbocycles. The maximum Gasteiger partial charge on any atom is 0.296 e. The first kappa shape index (κ1) is 15.5. The molecule has 0 N–H and O–H groups in total. The molecule has 0 fully saturated rings. The van der Waals surface area contributed by atoms with Crippen molar-refractivity contribution in [2.75, 3.05) is 12.4 Å². The summed E-state index contributed by atoms with van der Waals surface area (Å²) in [7, 11) is 0. The molecular weight excluding hydrogens is 247 g/mol. The fraction of sp³-hybridized carbons (Fsp3) is 0.800. The molecule has 0 aliphatic rings. The number of hydrogen-bond donors (Lipinski definition) is 0. The van der Waals surface area contributed by atoms with Crippen LogP contribution in [-0.4, -0.2) is 12.4 Å². The lowest BCUT2D eigenvalue weighted by atomic mass is 10.2. The molecule has 15 heavy (non-hydrogen) atoms. The summed E-state index contributed by atoms with van der Waals surface area (Å²) in [4.78, 5) is 0. The molecule has 2 nitrogen and oxygen atoms in total. The van der Waals surface area contributed by atoms with Gasteiger partial charge in [0.2, 0.25) is 0 Å². The standard InChI is InChI=1S/C10H21O2PS2/c1-4-7-8-9-10-12-13(14,11-5-2)15-6-3/h9-10H,4-8H2,1-3H3. The van der Waals surface area contributed by atoms with Gasteiger partial charge in [0.05, 0.1) is 12.9 Å². The first-order chi connectivity index (χ1) is 7.18. The molecule has 0 aromatic heterocycles. The zero-order valence-corrected chi connectivity index (χ0v) is 12.3. The molecule has 1 atom stereocenters. The van der Waals surface area contributed by atoms with Crippen molar-refractivity contribution < 1.29 is 9.05 Å². The highest BCUT2D eigenvalue weighted by Crippen LogP contribution is 2.60. The topological polar surface area (TPSA) is 18.5 Å². The zero-order valence-electron chi connectivity index (χ0n) is 9.77. The van der Waals surface area contributed by atoms with Crippen molar-refractivity contribution in [1.82, 2.24) is 0 Å². The molecule has 0 spiro atoms. The van der Waals surface area contributed by atoms with Crippen molar-refractivity contribution in [3.63, 3.8) is 0 Å². The van der Waals surface area contributed by atoms with Gasteiger partial charge in [-0.1, -0.05) is 31.7 Å². The summed E-state index contributed by atoms with van der Waals surface area (Å²) in [5.41, 5.74) is -2.10. The average molecular weight is 268 g/mol. The predicted molar refractivity (Wildman–Crippen MR) is 73.8 cm³/mol. The van der Waals surface area contributed by atoms with Crippen LogP contribution in [0.2, 0.25) is 0 Å². The van der Waals surface area contributed by atoms with Crippen LogP contribution < -0.4 is 0 Å². The molecule has 0 radical (unpaired) electrons. The first-order valence-electron chi connectivity index (χ1n) is 5.41. The van der Waals surface area contributed by atoms with Crippen LogP contribution in [0, 0.1) is 0 Å². The minimum atomic E-state index is -2.10. The van der Waals surface area contributed by atoms with Crippen LogP contribution in [0.4, 0.5) is 0 Å². The van der Waals surface area contributed by atoms with E-state index in [2.05, 4.69) is 13.8 Å². The third-order valence-electron chi connectivity index (χ3n) is 1.58. The summed E-state index contributed by atoms with van der Waals surface area (Å²) in [6.45, 7) is 6.80. The van der Waals surface area contributed by atoms with E-state index in [1.54, 1.807) is 17.6 Å². The molecule has 0 aliphatic heterocycles. The normalized spacial score (nSPS) is 15.4. The molecule has 0 amide bonds. The number of unbranched alkanes of at least 4 members (excludes halogenated alkanes) is 2. The maximum atomic E-state index is 5.54. The summed E-state index contributed by atoms with van der Waals surface area (Å²) in [6.07, 6.45) is 7.19. The van der Waals surface area contributed by atoms with E-state index in [1.165, 1.54) is 12.8 Å². The third kappa shape index (κ3) is 8.32. The van der Waals surface area contributed by atoms with E-state index in [0.29, 0.717) is 6.61 Å². The summed E-state index contributed by atoms with van der Waals surface area (Å²) in [5, 5.41) is 0. The monoisotopic (exact) mass is 268 g/mol. The Morgan fingerprint density at radius 1 is 1.33 bits per heavy atom. The molecule has 1 unspecified atom stereocenters. The van der Waals surface area contributed by atoms with Gasteiger partial charge in [-0.2, -0.15) is 0 Å². The van der Waals surface area contributed by atoms with E-state index in [1.807, 2.05) is 13.0 Å². The van der Waals surface area contributed by atoms with Crippen LogP contribution in [-0.2, 0) is 20.9 Å². The van der Waals surface area contributed by atoms with Gasteiger partial charge in [0, 0.05) is 5.75 Å². The number of allylic oxidation sites excluding steroid dienone is 1. The highest BCUT2D eigenvalue weighted by molar-refractivity contribution is 8.67. The molecule has 0 rings (SSSR count). The Morgan fingerprint density at radius 3 is 2.60 bits per heavy atom. The van der Waals surface area contributed by atoms with Gasteiger partial charge in [0.25, 0.3) is 5.69 Å². The molecule has 5 heteroatoms. The molecule has 0 aliphatic carbocycles. The van der Waals surface area contributed by atoms with Crippen molar-refractivity contribution in [1.29, 1.82) is 0 Å². The molecular formula is C10H21O2PS2. The van der Waals surface area contributed by atoms with Gasteiger partial charge in [0.15, 0.2) is 0 Å². The van der Waals surface area contributed by atoms with Crippen molar-refractivity contribution in [3.8, 4) is 0 Å². The molecule has 90 valence electrons. The minimum absolute atomic E-state index is 0.618. The third-order valence-corrected chi connectivity index (χ3v) is 6.93. The van der Waals surface area contributed by atoms with Gasteiger partial charge in [-0.05, 0) is 37.6 Å². The summed E-state index contributed by atoms with van der Waals surface area (Å²) >= 11 is 6.95. The van der Waals surface area contributed by atoms with Gasteiger partial charge in [-0.25, -0.2) is 0 Å². The van der Waals surface area contributed by atoms with E-state index in [4.69, 9.17) is 20.9 Å². The van der Waals surface area contributed by atoms with Crippen LogP contribution in [0.1, 0.15) is 40.0 Å². The highest BCUT2D eigenvalue weighted by Gasteiger charge is 2.17. The second-order valence-electron chi connectivity index (χ2n) is 2.90. The smallest absolute Gasteiger partial charge is 0.296 e. The Hall–Kier alpha value is 0.500. The lowest BCUT2D eigenvalue weighted by molar-refractivity contribution is 0.328. The van der Waals surface area contributed by atoms with Crippen LogP contribution in [0.15, 0.2) is 12.3 Å². The first-order valence-corrected chi connectivity index (χ1v) is 9.64. The maximum absolute atomic E-state index is 5.54. The van der Waals surface area contributed by atoms with Crippen molar-refractivity contribution in [2.24, 2.45) is 0 Å². The Bertz CT molecular complexity index is 209. The van der Waals surface area contributed by atoms with Crippen molar-refractivity contribution >= 4 is 28.9 Å². The number of rotatable bonds is 9. The molecule has 0 heterocycles. The highest BCUT2D eigenvalue weighted by atomic mass is 32.9. The van der Waals surface area contributed by atoms with Gasteiger partial charge < -0.3 is 9.05 Å². The van der Waals surface area contributed by atoms with Crippen molar-refractivity contribution in [2.45, 2.75) is 40.0 Å². The molecule has 0 saturated heterocycles. The molecule has 0 aromatic carbocycles. The van der Waals surface area contributed by atoms with E-state index in [0.717, 1.165) is 12.2 Å². The fourth-order valence-corrected chi connectivity index (χ4v) is 5.22. The Labute approximate surface area is 103 Å². The quantitative estimate of drug-likeness (QED) is 0.342. The van der Waals surface area contributed by atoms with E-state index in [9.17, 15) is 0 Å². The van der Waals surface area contributed by atoms with Gasteiger partial charge in [-0.15, -0.1) is 0 Å². The second-order valence-corrected chi connectivity index (χ2v) is 9.45. The SMILES string of the molecule is CCCCC=COP(=S)(OCC)SCC. The fourth-order valence-electron chi connectivity index (χ4n) is 0.922. The summed E-state index contributed by atoms with van der Waals surface area (Å²) in [5.74, 6) is 0.931. The summed E-state index contributed by atoms with van der Waals surface area (Å²) in [6, 6.07) is 0. The Kier molecular flexibility index (Phi) is 10.0. The average Bonchev–Trinajstić information content (AvgIpc) is 2.18. The van der Waals surface area contributed by atoms with Crippen LogP contribution in [0.5, 0.6) is 0 Å². The molecule has 0 bridgehead atoms. The second kappa shape index (κ2) is 9.71. The van der Waals surface area contributed by atoms with Crippen molar-refractivity contribution in [3.05, 3.63) is 12.3 Å². The number of hydrogen-bond acceptors (Lipinski definition) is 4. The minimum Gasteiger partial charge on any atom is -0.444 e. The zero-order chi connectivity index (χ0) is 11.6. The Balaban J connectivity index is 3.95. The lowest BCUT2D eigenvalue weighted by Crippen LogP contribution is -1.88. The van der Waals surface area contributed by atoms with Gasteiger partial charge in [-0.3, -0.25) is 0 Å². The van der Waals surface area contributed by atoms with E-state index < -0.39 is 5.69 Å². The van der Waals surface area contributed by atoms with E-state index in [-0.39, 0.29) is 0 Å². The predicted octanol–water partition coefficient (Wildman–Crippen LogP) is 4.72. The Morgan fingerprint density at radius 2 is 2.07 bits per heavy atom. The molecule has 0 aromatic rings. The van der Waals surface area contributed by atoms with Crippen LogP contribution >= 0.6 is 17.1 Å². The van der Waals surface area contributed by atoms with Crippen LogP contribution in [0.25, 0.3) is 0 Å². The van der Waals surface area contributed by atoms with Crippen LogP contribution in [0.3, 0.4) is 0 Å². The summed E-state index contributed by atoms with van der Waals surface area (Å²) < 4.78 is 11.0. The largest absolute Gasteiger partial charge is 0.444 e.